The van der Waals surface area contributed by atoms with Crippen LogP contribution in [0.5, 0.6) is 0 Å². The van der Waals surface area contributed by atoms with Crippen molar-refractivity contribution in [1.82, 2.24) is 15.2 Å². The second-order valence-corrected chi connectivity index (χ2v) is 2.94. The van der Waals surface area contributed by atoms with Gasteiger partial charge < -0.3 is 10.8 Å². The molecule has 14 heavy (non-hydrogen) atoms. The normalized spacial score (nSPS) is 10.6. The summed E-state index contributed by atoms with van der Waals surface area (Å²) in [5.74, 6) is -1.09. The quantitative estimate of drug-likeness (QED) is 0.611. The number of nitrogens with zero attached hydrogens (tertiary/aromatic N) is 2. The van der Waals surface area contributed by atoms with Crippen molar-refractivity contribution in [3.05, 3.63) is 17.5 Å². The molecule has 0 unspecified atom stereocenters. The Morgan fingerprint density at radius 1 is 1.64 bits per heavy atom. The Labute approximate surface area is 78.8 Å². The lowest BCUT2D eigenvalue weighted by Crippen LogP contribution is -2.03. The highest BCUT2D eigenvalue weighted by Gasteiger charge is 2.14. The van der Waals surface area contributed by atoms with E-state index < -0.39 is 5.97 Å². The van der Waals surface area contributed by atoms with Gasteiger partial charge in [0, 0.05) is 11.9 Å². The molecule has 72 valence electrons. The first-order valence-electron chi connectivity index (χ1n) is 3.93. The number of hydrogen-bond donors (Lipinski definition) is 3. The zero-order valence-corrected chi connectivity index (χ0v) is 7.40. The summed E-state index contributed by atoms with van der Waals surface area (Å²) < 4.78 is 0. The lowest BCUT2D eigenvalue weighted by atomic mass is 10.1. The van der Waals surface area contributed by atoms with Crippen LogP contribution in [0.3, 0.4) is 0 Å². The number of aromatic amines is 1. The second-order valence-electron chi connectivity index (χ2n) is 2.94. The Bertz CT molecular complexity index is 517. The summed E-state index contributed by atoms with van der Waals surface area (Å²) in [5, 5.41) is 15.9. The number of aromatic carboxylic acids is 1. The third kappa shape index (κ3) is 1.00. The number of nitrogen functional groups attached to an aromatic ring is 1. The van der Waals surface area contributed by atoms with Gasteiger partial charge in [0.1, 0.15) is 5.56 Å². The molecule has 2 aromatic heterocycles. The van der Waals surface area contributed by atoms with Gasteiger partial charge >= 0.3 is 5.97 Å². The van der Waals surface area contributed by atoms with Crippen molar-refractivity contribution in [2.24, 2.45) is 0 Å². The highest BCUT2D eigenvalue weighted by Crippen LogP contribution is 2.23. The predicted octanol–water partition coefficient (Wildman–Crippen LogP) is 0.547. The van der Waals surface area contributed by atoms with E-state index >= 15 is 0 Å². The van der Waals surface area contributed by atoms with E-state index in [1.54, 1.807) is 6.92 Å². The highest BCUT2D eigenvalue weighted by molar-refractivity contribution is 6.03. The van der Waals surface area contributed by atoms with E-state index in [1.807, 2.05) is 0 Å². The number of anilines is 1. The van der Waals surface area contributed by atoms with Gasteiger partial charge in [-0.05, 0) is 6.92 Å². The highest BCUT2D eigenvalue weighted by atomic mass is 16.4. The van der Waals surface area contributed by atoms with Crippen molar-refractivity contribution in [1.29, 1.82) is 0 Å². The molecular formula is C8H8N4O2. The van der Waals surface area contributed by atoms with E-state index in [0.717, 1.165) is 0 Å². The Morgan fingerprint density at radius 3 is 3.00 bits per heavy atom. The van der Waals surface area contributed by atoms with Gasteiger partial charge in [-0.2, -0.15) is 5.10 Å². The molecule has 4 N–H and O–H groups in total. The van der Waals surface area contributed by atoms with Gasteiger partial charge in [-0.15, -0.1) is 0 Å². The Kier molecular flexibility index (Phi) is 1.63. The van der Waals surface area contributed by atoms with Crippen LogP contribution >= 0.6 is 0 Å². The molecule has 6 heteroatoms. The molecule has 0 amide bonds. The van der Waals surface area contributed by atoms with Crippen LogP contribution in [0.1, 0.15) is 16.1 Å². The maximum Gasteiger partial charge on any atom is 0.339 e. The predicted molar refractivity (Wildman–Crippen MR) is 50.0 cm³/mol. The topological polar surface area (TPSA) is 105 Å². The number of H-pyrrole nitrogens is 1. The van der Waals surface area contributed by atoms with Gasteiger partial charge in [0.2, 0.25) is 0 Å². The first kappa shape index (κ1) is 8.49. The fourth-order valence-electron chi connectivity index (χ4n) is 1.33. The zero-order valence-electron chi connectivity index (χ0n) is 7.40. The summed E-state index contributed by atoms with van der Waals surface area (Å²) in [7, 11) is 0. The number of hydrogen-bond acceptors (Lipinski definition) is 4. The number of fused-ring (bicyclic) bond motifs is 1. The molecule has 2 aromatic rings. The maximum absolute atomic E-state index is 10.7. The third-order valence-corrected chi connectivity index (χ3v) is 2.03. The lowest BCUT2D eigenvalue weighted by Gasteiger charge is -2.00. The summed E-state index contributed by atoms with van der Waals surface area (Å²) in [4.78, 5) is 14.6. The number of aryl methyl sites for hydroxylation is 1. The fraction of sp³-hybridized carbons (Fsp3) is 0.125. The molecule has 0 saturated heterocycles. The Morgan fingerprint density at radius 2 is 2.36 bits per heavy atom. The molecule has 0 aliphatic heterocycles. The second kappa shape index (κ2) is 2.69. The van der Waals surface area contributed by atoms with Gasteiger partial charge in [0.05, 0.1) is 11.1 Å². The molecule has 2 rings (SSSR count). The van der Waals surface area contributed by atoms with Crippen molar-refractivity contribution in [2.45, 2.75) is 6.92 Å². The average Bonchev–Trinajstić information content (AvgIpc) is 2.48. The maximum atomic E-state index is 10.7. The minimum absolute atomic E-state index is 0.00185. The van der Waals surface area contributed by atoms with Crippen LogP contribution in [-0.2, 0) is 0 Å². The monoisotopic (exact) mass is 192 g/mol. The van der Waals surface area contributed by atoms with Gasteiger partial charge in [-0.3, -0.25) is 5.10 Å². The van der Waals surface area contributed by atoms with Crippen LogP contribution in [0.2, 0.25) is 0 Å². The number of pyridine rings is 1. The number of nitrogens with one attached hydrogen (secondary N) is 1. The first-order valence-corrected chi connectivity index (χ1v) is 3.93. The lowest BCUT2D eigenvalue weighted by molar-refractivity contribution is 0.0698. The van der Waals surface area contributed by atoms with Crippen molar-refractivity contribution >= 4 is 22.7 Å². The molecule has 0 aliphatic carbocycles. The summed E-state index contributed by atoms with van der Waals surface area (Å²) in [6, 6.07) is 0. The number of rotatable bonds is 1. The van der Waals surface area contributed by atoms with E-state index in [0.29, 0.717) is 16.7 Å². The Balaban J connectivity index is 2.86. The molecule has 0 radical (unpaired) electrons. The minimum atomic E-state index is -1.09. The van der Waals surface area contributed by atoms with Gasteiger partial charge in [0.15, 0.2) is 5.65 Å². The van der Waals surface area contributed by atoms with Crippen molar-refractivity contribution in [3.63, 3.8) is 0 Å². The molecule has 0 aromatic carbocycles. The van der Waals surface area contributed by atoms with Crippen molar-refractivity contribution < 1.29 is 9.90 Å². The van der Waals surface area contributed by atoms with Crippen molar-refractivity contribution in [3.8, 4) is 0 Å². The fourth-order valence-corrected chi connectivity index (χ4v) is 1.33. The average molecular weight is 192 g/mol. The van der Waals surface area contributed by atoms with Crippen LogP contribution in [-0.4, -0.2) is 26.3 Å². The number of nitrogens with two attached hydrogens (primary N) is 1. The SMILES string of the molecule is Cc1[nH]nc2ncc(C(=O)O)c(N)c12. The van der Waals surface area contributed by atoms with Gasteiger partial charge in [-0.25, -0.2) is 9.78 Å². The number of carboxylic acid groups (broad SMARTS) is 1. The Hall–Kier alpha value is -2.11. The molecule has 2 heterocycles. The van der Waals surface area contributed by atoms with Crippen LogP contribution in [0, 0.1) is 6.92 Å². The standard InChI is InChI=1S/C8H8N4O2/c1-3-5-6(9)4(8(13)14)2-10-7(5)12-11-3/h2H,1H3,(H,13,14)(H3,9,10,11,12). The first-order chi connectivity index (χ1) is 6.61. The molecule has 0 bridgehead atoms. The molecular weight excluding hydrogens is 184 g/mol. The molecule has 0 saturated carbocycles. The number of carboxylic acids is 1. The van der Waals surface area contributed by atoms with E-state index in [-0.39, 0.29) is 11.3 Å². The van der Waals surface area contributed by atoms with Crippen LogP contribution in [0.25, 0.3) is 11.0 Å². The largest absolute Gasteiger partial charge is 0.478 e. The molecule has 0 atom stereocenters. The van der Waals surface area contributed by atoms with E-state index in [9.17, 15) is 4.79 Å². The molecule has 0 aliphatic rings. The molecule has 0 fully saturated rings. The van der Waals surface area contributed by atoms with Crippen LogP contribution in [0.15, 0.2) is 6.20 Å². The minimum Gasteiger partial charge on any atom is -0.478 e. The van der Waals surface area contributed by atoms with Gasteiger partial charge in [0.25, 0.3) is 0 Å². The van der Waals surface area contributed by atoms with Crippen LogP contribution in [0.4, 0.5) is 5.69 Å². The van der Waals surface area contributed by atoms with Crippen molar-refractivity contribution in [2.75, 3.05) is 5.73 Å². The number of carbonyl (C=O) groups is 1. The van der Waals surface area contributed by atoms with E-state index in [1.165, 1.54) is 6.20 Å². The van der Waals surface area contributed by atoms with E-state index in [2.05, 4.69) is 15.2 Å². The molecule has 6 nitrogen and oxygen atoms in total. The van der Waals surface area contributed by atoms with Crippen LogP contribution < -0.4 is 5.73 Å². The third-order valence-electron chi connectivity index (χ3n) is 2.03. The summed E-state index contributed by atoms with van der Waals surface area (Å²) in [6.07, 6.45) is 1.21. The van der Waals surface area contributed by atoms with E-state index in [4.69, 9.17) is 10.8 Å². The summed E-state index contributed by atoms with van der Waals surface area (Å²) >= 11 is 0. The smallest absolute Gasteiger partial charge is 0.339 e. The molecule has 0 spiro atoms. The zero-order chi connectivity index (χ0) is 10.3. The summed E-state index contributed by atoms with van der Waals surface area (Å²) in [6.45, 7) is 1.76. The summed E-state index contributed by atoms with van der Waals surface area (Å²) in [5.41, 5.74) is 7.04. The van der Waals surface area contributed by atoms with Gasteiger partial charge in [-0.1, -0.05) is 0 Å². The number of aromatic nitrogens is 3.